The molecule has 0 aromatic carbocycles. The summed E-state index contributed by atoms with van der Waals surface area (Å²) in [5, 5.41) is 31.3. The van der Waals surface area contributed by atoms with Crippen molar-refractivity contribution in [3.8, 4) is 0 Å². The Morgan fingerprint density at radius 3 is 1.86 bits per heavy atom. The summed E-state index contributed by atoms with van der Waals surface area (Å²) in [6.45, 7) is -0.264. The summed E-state index contributed by atoms with van der Waals surface area (Å²) in [6.07, 6.45) is -7.85. The van der Waals surface area contributed by atoms with E-state index >= 15 is 0 Å². The van der Waals surface area contributed by atoms with Gasteiger partial charge in [-0.2, -0.15) is 17.6 Å². The van der Waals surface area contributed by atoms with Crippen LogP contribution in [0.25, 0.3) is 0 Å². The molecule has 0 spiro atoms. The molecule has 0 amide bonds. The first kappa shape index (κ1) is 39.7. The van der Waals surface area contributed by atoms with Gasteiger partial charge >= 0.3 is 12.2 Å². The van der Waals surface area contributed by atoms with Crippen LogP contribution in [-0.2, 0) is 44.3 Å². The first-order chi connectivity index (χ1) is 20.5. The number of allylic oxidation sites excluding steroid dienone is 1. The second-order valence-corrected chi connectivity index (χ2v) is 10.3. The van der Waals surface area contributed by atoms with Crippen molar-refractivity contribution in [2.45, 2.75) is 49.8 Å². The standard InChI is InChI=1S/C27H44F4O11S/c1-2-3-4-8-35-13-24(34)18-40-19-26(28,29)42-27(30,31)20-41-21-38-11-10-37-15-23(33)17-39-16-22(32)14-36-9-7-25-6-5-12-43-25/h2,5-6,12,22-24,32-34H,1,3-4,7-11,13-21H2. The average Bonchev–Trinajstić information content (AvgIpc) is 3.45. The van der Waals surface area contributed by atoms with Crippen molar-refractivity contribution in [3.05, 3.63) is 35.0 Å². The quantitative estimate of drug-likeness (QED) is 0.0490. The Bertz CT molecular complexity index is 793. The third-order valence-corrected chi connectivity index (χ3v) is 5.94. The van der Waals surface area contributed by atoms with Crippen LogP contribution in [0.2, 0.25) is 0 Å². The van der Waals surface area contributed by atoms with Crippen molar-refractivity contribution >= 4 is 11.3 Å². The van der Waals surface area contributed by atoms with Crippen LogP contribution in [-0.4, -0.2) is 132 Å². The highest BCUT2D eigenvalue weighted by atomic mass is 32.1. The van der Waals surface area contributed by atoms with Crippen molar-refractivity contribution in [2.75, 3.05) is 86.1 Å². The fourth-order valence-corrected chi connectivity index (χ4v) is 3.78. The highest BCUT2D eigenvalue weighted by Gasteiger charge is 2.44. The van der Waals surface area contributed by atoms with E-state index < -0.39 is 57.1 Å². The van der Waals surface area contributed by atoms with Gasteiger partial charge in [-0.05, 0) is 24.3 Å². The zero-order chi connectivity index (χ0) is 31.8. The van der Waals surface area contributed by atoms with E-state index in [1.807, 2.05) is 17.5 Å². The van der Waals surface area contributed by atoms with E-state index in [-0.39, 0.29) is 46.2 Å². The van der Waals surface area contributed by atoms with E-state index in [1.165, 1.54) is 4.88 Å². The van der Waals surface area contributed by atoms with Crippen LogP contribution < -0.4 is 0 Å². The minimum Gasteiger partial charge on any atom is -0.388 e. The Morgan fingerprint density at radius 1 is 0.721 bits per heavy atom. The molecular formula is C27H44F4O11S. The molecule has 3 atom stereocenters. The van der Waals surface area contributed by atoms with Gasteiger partial charge in [0.05, 0.1) is 59.5 Å². The van der Waals surface area contributed by atoms with E-state index in [2.05, 4.69) is 20.8 Å². The van der Waals surface area contributed by atoms with E-state index in [1.54, 1.807) is 17.4 Å². The zero-order valence-corrected chi connectivity index (χ0v) is 24.9. The second-order valence-electron chi connectivity index (χ2n) is 9.25. The predicted molar refractivity (Wildman–Crippen MR) is 147 cm³/mol. The van der Waals surface area contributed by atoms with Gasteiger partial charge < -0.3 is 48.5 Å². The molecule has 0 aliphatic heterocycles. The first-order valence-corrected chi connectivity index (χ1v) is 14.6. The molecule has 16 heteroatoms. The van der Waals surface area contributed by atoms with Gasteiger partial charge in [-0.3, -0.25) is 4.74 Å². The molecule has 1 aromatic rings. The van der Waals surface area contributed by atoms with Crippen molar-refractivity contribution < 1.29 is 70.8 Å². The molecule has 11 nitrogen and oxygen atoms in total. The summed E-state index contributed by atoms with van der Waals surface area (Å²) in [6, 6.07) is 3.96. The monoisotopic (exact) mass is 652 g/mol. The SMILES string of the molecule is C=CCCCOCC(O)COCC(F)(F)OC(F)(F)COCOCCOCC(O)COCC(O)COCCc1cccs1. The summed E-state index contributed by atoms with van der Waals surface area (Å²) in [5.74, 6) is 0. The lowest BCUT2D eigenvalue weighted by Gasteiger charge is -2.24. The second kappa shape index (κ2) is 24.0. The van der Waals surface area contributed by atoms with Gasteiger partial charge in [0.25, 0.3) is 0 Å². The molecule has 1 heterocycles. The number of halogens is 4. The third kappa shape index (κ3) is 23.7. The number of rotatable bonds is 30. The lowest BCUT2D eigenvalue weighted by atomic mass is 10.3. The van der Waals surface area contributed by atoms with Gasteiger partial charge in [0.2, 0.25) is 0 Å². The Morgan fingerprint density at radius 2 is 1.26 bits per heavy atom. The van der Waals surface area contributed by atoms with Crippen LogP contribution in [0.4, 0.5) is 17.6 Å². The van der Waals surface area contributed by atoms with Gasteiger partial charge in [0, 0.05) is 17.9 Å². The predicted octanol–water partition coefficient (Wildman–Crippen LogP) is 2.62. The fourth-order valence-electron chi connectivity index (χ4n) is 3.09. The Balaban J connectivity index is 1.98. The molecule has 3 unspecified atom stereocenters. The number of alkyl halides is 4. The highest BCUT2D eigenvalue weighted by molar-refractivity contribution is 7.09. The summed E-state index contributed by atoms with van der Waals surface area (Å²) >= 11 is 1.63. The topological polar surface area (TPSA) is 135 Å². The van der Waals surface area contributed by atoms with Crippen molar-refractivity contribution in [2.24, 2.45) is 0 Å². The van der Waals surface area contributed by atoms with Crippen molar-refractivity contribution in [3.63, 3.8) is 0 Å². The average molecular weight is 653 g/mol. The number of unbranched alkanes of at least 4 members (excludes halogenated alkanes) is 1. The summed E-state index contributed by atoms with van der Waals surface area (Å²) in [4.78, 5) is 1.19. The number of ether oxygens (including phenoxy) is 8. The molecule has 0 saturated heterocycles. The van der Waals surface area contributed by atoms with Gasteiger partial charge in [0.15, 0.2) is 0 Å². The van der Waals surface area contributed by atoms with Crippen LogP contribution in [0.5, 0.6) is 0 Å². The van der Waals surface area contributed by atoms with Crippen molar-refractivity contribution in [1.29, 1.82) is 0 Å². The minimum absolute atomic E-state index is 0.0187. The van der Waals surface area contributed by atoms with Crippen LogP contribution in [0.3, 0.4) is 0 Å². The Labute approximate surface area is 253 Å². The molecule has 0 aliphatic carbocycles. The van der Waals surface area contributed by atoms with Crippen LogP contribution >= 0.6 is 11.3 Å². The molecule has 1 aromatic heterocycles. The van der Waals surface area contributed by atoms with E-state index in [0.29, 0.717) is 19.6 Å². The van der Waals surface area contributed by atoms with Gasteiger partial charge in [-0.25, -0.2) is 0 Å². The molecular weight excluding hydrogens is 608 g/mol. The first-order valence-electron chi connectivity index (χ1n) is 13.7. The molecule has 0 bridgehead atoms. The number of hydrogen-bond donors (Lipinski definition) is 3. The van der Waals surface area contributed by atoms with Crippen LogP contribution in [0.15, 0.2) is 30.2 Å². The Hall–Kier alpha value is -1.28. The molecule has 0 aliphatic rings. The molecule has 252 valence electrons. The number of aliphatic hydroxyl groups excluding tert-OH is 3. The molecule has 0 radical (unpaired) electrons. The van der Waals surface area contributed by atoms with Gasteiger partial charge in [0.1, 0.15) is 38.3 Å². The third-order valence-electron chi connectivity index (χ3n) is 5.01. The normalized spacial score (nSPS) is 14.6. The number of aliphatic hydroxyl groups is 3. The maximum absolute atomic E-state index is 13.7. The lowest BCUT2D eigenvalue weighted by molar-refractivity contribution is -0.396. The summed E-state index contributed by atoms with van der Waals surface area (Å²) in [7, 11) is 0. The van der Waals surface area contributed by atoms with Crippen LogP contribution in [0.1, 0.15) is 17.7 Å². The van der Waals surface area contributed by atoms with E-state index in [4.69, 9.17) is 23.7 Å². The van der Waals surface area contributed by atoms with E-state index in [9.17, 15) is 32.9 Å². The lowest BCUT2D eigenvalue weighted by Crippen LogP contribution is -2.40. The van der Waals surface area contributed by atoms with E-state index in [0.717, 1.165) is 12.8 Å². The maximum atomic E-state index is 13.7. The number of thiophene rings is 1. The molecule has 0 saturated carbocycles. The highest BCUT2D eigenvalue weighted by Crippen LogP contribution is 2.27. The maximum Gasteiger partial charge on any atom is 0.383 e. The van der Waals surface area contributed by atoms with Crippen LogP contribution in [0, 0.1) is 0 Å². The summed E-state index contributed by atoms with van der Waals surface area (Å²) < 4.78 is 93.1. The molecule has 1 rings (SSSR count). The fraction of sp³-hybridized carbons (Fsp3) is 0.778. The minimum atomic E-state index is -4.34. The molecule has 0 fully saturated rings. The largest absolute Gasteiger partial charge is 0.388 e. The summed E-state index contributed by atoms with van der Waals surface area (Å²) in [5.41, 5.74) is 0. The van der Waals surface area contributed by atoms with Gasteiger partial charge in [-0.1, -0.05) is 12.1 Å². The van der Waals surface area contributed by atoms with Gasteiger partial charge in [-0.15, -0.1) is 17.9 Å². The zero-order valence-electron chi connectivity index (χ0n) is 24.1. The molecule has 3 N–H and O–H groups in total. The van der Waals surface area contributed by atoms with Crippen molar-refractivity contribution in [1.82, 2.24) is 0 Å². The molecule has 43 heavy (non-hydrogen) atoms. The number of hydrogen-bond acceptors (Lipinski definition) is 12. The Kier molecular flexibility index (Phi) is 22.2. The smallest absolute Gasteiger partial charge is 0.383 e.